The SMILES string of the molecule is C[C@@H]1C[C@@H](NC(=O)COc2ccc(-c3nc(Cc4cccc(C(F)(F)F)c4)no3)cc2)CN1C#N. The molecule has 0 radical (unpaired) electrons. The van der Waals surface area contributed by atoms with Gasteiger partial charge in [-0.3, -0.25) is 4.79 Å². The molecule has 0 unspecified atom stereocenters. The molecule has 2 heterocycles. The molecule has 1 fully saturated rings. The zero-order valence-corrected chi connectivity index (χ0v) is 18.7. The number of likely N-dealkylation sites (tertiary alicyclic amines) is 1. The van der Waals surface area contributed by atoms with Gasteiger partial charge in [-0.1, -0.05) is 23.4 Å². The molecule has 1 amide bonds. The fourth-order valence-corrected chi connectivity index (χ4v) is 3.87. The minimum absolute atomic E-state index is 0.0917. The van der Waals surface area contributed by atoms with Crippen LogP contribution in [-0.4, -0.2) is 46.2 Å². The van der Waals surface area contributed by atoms with Crippen LogP contribution in [0.5, 0.6) is 5.75 Å². The molecule has 3 aromatic rings. The van der Waals surface area contributed by atoms with Gasteiger partial charge in [-0.25, -0.2) is 0 Å². The second-order valence-electron chi connectivity index (χ2n) is 8.31. The number of nitriles is 1. The van der Waals surface area contributed by atoms with E-state index in [9.17, 15) is 18.0 Å². The summed E-state index contributed by atoms with van der Waals surface area (Å²) in [4.78, 5) is 18.0. The van der Waals surface area contributed by atoms with Crippen LogP contribution in [0, 0.1) is 11.5 Å². The number of hydrogen-bond donors (Lipinski definition) is 1. The Balaban J connectivity index is 1.30. The number of halogens is 3. The molecule has 0 saturated carbocycles. The Morgan fingerprint density at radius 2 is 2.06 bits per heavy atom. The Bertz CT molecular complexity index is 1220. The zero-order chi connectivity index (χ0) is 25.0. The molecule has 4 rings (SSSR count). The predicted molar refractivity (Wildman–Crippen MR) is 118 cm³/mol. The van der Waals surface area contributed by atoms with Crippen LogP contribution < -0.4 is 10.1 Å². The summed E-state index contributed by atoms with van der Waals surface area (Å²) in [5, 5.41) is 15.8. The summed E-state index contributed by atoms with van der Waals surface area (Å²) >= 11 is 0. The van der Waals surface area contributed by atoms with E-state index in [1.165, 1.54) is 6.07 Å². The van der Waals surface area contributed by atoms with Crippen LogP contribution in [0.2, 0.25) is 0 Å². The van der Waals surface area contributed by atoms with Gasteiger partial charge in [0, 0.05) is 30.6 Å². The molecule has 1 aliphatic heterocycles. The molecule has 11 heteroatoms. The van der Waals surface area contributed by atoms with Crippen LogP contribution in [0.25, 0.3) is 11.5 Å². The van der Waals surface area contributed by atoms with Gasteiger partial charge in [0.05, 0.1) is 5.56 Å². The number of carbonyl (C=O) groups is 1. The number of hydrogen-bond acceptors (Lipinski definition) is 7. The number of ether oxygens (including phenoxy) is 1. The summed E-state index contributed by atoms with van der Waals surface area (Å²) in [7, 11) is 0. The maximum atomic E-state index is 12.9. The quantitative estimate of drug-likeness (QED) is 0.508. The maximum absolute atomic E-state index is 12.9. The molecule has 1 saturated heterocycles. The molecule has 8 nitrogen and oxygen atoms in total. The smallest absolute Gasteiger partial charge is 0.416 e. The van der Waals surface area contributed by atoms with Crippen molar-refractivity contribution in [2.75, 3.05) is 13.2 Å². The first-order chi connectivity index (χ1) is 16.7. The highest BCUT2D eigenvalue weighted by Gasteiger charge is 2.31. The molecule has 1 aromatic heterocycles. The van der Waals surface area contributed by atoms with Crippen molar-refractivity contribution in [1.29, 1.82) is 5.26 Å². The van der Waals surface area contributed by atoms with Crippen LogP contribution in [0.3, 0.4) is 0 Å². The molecule has 35 heavy (non-hydrogen) atoms. The number of benzene rings is 2. The lowest BCUT2D eigenvalue weighted by molar-refractivity contribution is -0.137. The first-order valence-electron chi connectivity index (χ1n) is 10.9. The maximum Gasteiger partial charge on any atom is 0.416 e. The number of nitrogens with zero attached hydrogens (tertiary/aromatic N) is 4. The monoisotopic (exact) mass is 485 g/mol. The van der Waals surface area contributed by atoms with E-state index < -0.39 is 11.7 Å². The van der Waals surface area contributed by atoms with Crippen molar-refractivity contribution >= 4 is 5.91 Å². The molecule has 2 aromatic carbocycles. The van der Waals surface area contributed by atoms with E-state index >= 15 is 0 Å². The van der Waals surface area contributed by atoms with Crippen LogP contribution >= 0.6 is 0 Å². The minimum atomic E-state index is -4.42. The standard InChI is InChI=1S/C24H22F3N5O3/c1-15-9-19(12-32(15)14-28)29-22(33)13-34-20-7-5-17(6-8-20)23-30-21(31-35-23)11-16-3-2-4-18(10-16)24(25,26)27/h2-8,10,15,19H,9,11-13H2,1H3,(H,29,33)/t15-,19-/m1/s1. The van der Waals surface area contributed by atoms with Gasteiger partial charge in [0.1, 0.15) is 5.75 Å². The number of aromatic nitrogens is 2. The number of alkyl halides is 3. The van der Waals surface area contributed by atoms with Crippen molar-refractivity contribution in [3.05, 3.63) is 65.5 Å². The molecule has 0 bridgehead atoms. The van der Waals surface area contributed by atoms with E-state index in [1.54, 1.807) is 35.2 Å². The van der Waals surface area contributed by atoms with Gasteiger partial charge in [0.15, 0.2) is 18.6 Å². The van der Waals surface area contributed by atoms with Crippen LogP contribution in [0.4, 0.5) is 13.2 Å². The van der Waals surface area contributed by atoms with Crippen molar-refractivity contribution in [3.63, 3.8) is 0 Å². The third-order valence-electron chi connectivity index (χ3n) is 5.62. The van der Waals surface area contributed by atoms with Crippen molar-refractivity contribution < 1.29 is 27.2 Å². The first-order valence-corrected chi connectivity index (χ1v) is 10.9. The van der Waals surface area contributed by atoms with Crippen LogP contribution in [0.1, 0.15) is 30.3 Å². The van der Waals surface area contributed by atoms with Gasteiger partial charge >= 0.3 is 6.18 Å². The summed E-state index contributed by atoms with van der Waals surface area (Å²) < 4.78 is 49.5. The van der Waals surface area contributed by atoms with E-state index in [-0.39, 0.29) is 42.7 Å². The fourth-order valence-electron chi connectivity index (χ4n) is 3.87. The molecular weight excluding hydrogens is 463 g/mol. The Morgan fingerprint density at radius 3 is 2.74 bits per heavy atom. The number of rotatable bonds is 7. The molecule has 2 atom stereocenters. The Kier molecular flexibility index (Phi) is 6.91. The van der Waals surface area contributed by atoms with E-state index in [0.717, 1.165) is 12.1 Å². The molecule has 0 aliphatic carbocycles. The third-order valence-corrected chi connectivity index (χ3v) is 5.62. The van der Waals surface area contributed by atoms with Gasteiger partial charge in [-0.2, -0.15) is 23.4 Å². The zero-order valence-electron chi connectivity index (χ0n) is 18.7. The van der Waals surface area contributed by atoms with E-state index in [4.69, 9.17) is 14.5 Å². The third kappa shape index (κ3) is 6.09. The van der Waals surface area contributed by atoms with Crippen molar-refractivity contribution in [1.82, 2.24) is 20.4 Å². The average Bonchev–Trinajstić information content (AvgIpc) is 3.43. The second kappa shape index (κ2) is 10.0. The van der Waals surface area contributed by atoms with E-state index in [0.29, 0.717) is 29.8 Å². The fraction of sp³-hybridized carbons (Fsp3) is 0.333. The van der Waals surface area contributed by atoms with Crippen molar-refractivity contribution in [3.8, 4) is 23.4 Å². The Labute approximate surface area is 199 Å². The van der Waals surface area contributed by atoms with Gasteiger partial charge in [0.25, 0.3) is 11.8 Å². The van der Waals surface area contributed by atoms with Gasteiger partial charge in [0.2, 0.25) is 0 Å². The van der Waals surface area contributed by atoms with Gasteiger partial charge in [-0.05, 0) is 49.2 Å². The summed E-state index contributed by atoms with van der Waals surface area (Å²) in [5.74, 6) is 0.662. The molecule has 0 spiro atoms. The lowest BCUT2D eigenvalue weighted by atomic mass is 10.1. The highest BCUT2D eigenvalue weighted by Crippen LogP contribution is 2.30. The van der Waals surface area contributed by atoms with Crippen LogP contribution in [-0.2, 0) is 17.4 Å². The normalized spacial score (nSPS) is 17.7. The number of amides is 1. The molecule has 182 valence electrons. The Hall–Kier alpha value is -4.07. The van der Waals surface area contributed by atoms with Crippen molar-refractivity contribution in [2.24, 2.45) is 0 Å². The first kappa shape index (κ1) is 24.1. The summed E-state index contributed by atoms with van der Waals surface area (Å²) in [6.45, 7) is 2.25. The van der Waals surface area contributed by atoms with Crippen LogP contribution in [0.15, 0.2) is 53.1 Å². The summed E-state index contributed by atoms with van der Waals surface area (Å²) in [5.41, 5.74) is 0.285. The Morgan fingerprint density at radius 1 is 1.29 bits per heavy atom. The highest BCUT2D eigenvalue weighted by atomic mass is 19.4. The molecule has 1 N–H and O–H groups in total. The predicted octanol–water partition coefficient (Wildman–Crippen LogP) is 3.79. The second-order valence-corrected chi connectivity index (χ2v) is 8.31. The average molecular weight is 485 g/mol. The van der Waals surface area contributed by atoms with E-state index in [1.807, 2.05) is 6.92 Å². The highest BCUT2D eigenvalue weighted by molar-refractivity contribution is 5.78. The van der Waals surface area contributed by atoms with Crippen molar-refractivity contribution in [2.45, 2.75) is 38.0 Å². The van der Waals surface area contributed by atoms with E-state index in [2.05, 4.69) is 21.7 Å². The lowest BCUT2D eigenvalue weighted by Gasteiger charge is -2.13. The largest absolute Gasteiger partial charge is 0.484 e. The molecule has 1 aliphatic rings. The minimum Gasteiger partial charge on any atom is -0.484 e. The number of carbonyl (C=O) groups excluding carboxylic acids is 1. The summed E-state index contributed by atoms with van der Waals surface area (Å²) in [6, 6.07) is 11.6. The van der Waals surface area contributed by atoms with Gasteiger partial charge in [-0.15, -0.1) is 0 Å². The summed E-state index contributed by atoms with van der Waals surface area (Å²) in [6.07, 6.45) is -1.52. The van der Waals surface area contributed by atoms with Gasteiger partial charge < -0.3 is 19.5 Å². The molecular formula is C24H22F3N5O3. The number of nitrogens with one attached hydrogen (secondary N) is 1. The topological polar surface area (TPSA) is 104 Å². The lowest BCUT2D eigenvalue weighted by Crippen LogP contribution is -2.39.